The molecule has 0 saturated carbocycles. The number of halogens is 1. The normalized spacial score (nSPS) is 10.6. The fourth-order valence-corrected chi connectivity index (χ4v) is 1.50. The molecular weight excluding hydrogens is 212 g/mol. The van der Waals surface area contributed by atoms with Crippen molar-refractivity contribution in [1.29, 1.82) is 0 Å². The van der Waals surface area contributed by atoms with E-state index in [0.717, 1.165) is 16.9 Å². The van der Waals surface area contributed by atoms with Crippen LogP contribution in [0, 0.1) is 6.92 Å². The van der Waals surface area contributed by atoms with Crippen LogP contribution in [0.25, 0.3) is 5.69 Å². The number of aryl methyl sites for hydroxylation is 1. The van der Waals surface area contributed by atoms with E-state index in [2.05, 4.69) is 5.10 Å². The second kappa shape index (κ2) is 4.04. The summed E-state index contributed by atoms with van der Waals surface area (Å²) in [6.07, 6.45) is 1.82. The summed E-state index contributed by atoms with van der Waals surface area (Å²) in [7, 11) is 0. The van der Waals surface area contributed by atoms with E-state index in [1.165, 1.54) is 0 Å². The van der Waals surface area contributed by atoms with Gasteiger partial charge in [-0.15, -0.1) is 0 Å². The molecule has 1 N–H and O–H groups in total. The van der Waals surface area contributed by atoms with Crippen molar-refractivity contribution in [1.82, 2.24) is 9.78 Å². The van der Waals surface area contributed by atoms with Gasteiger partial charge in [-0.3, -0.25) is 0 Å². The highest BCUT2D eigenvalue weighted by atomic mass is 35.5. The Bertz CT molecular complexity index is 462. The van der Waals surface area contributed by atoms with Gasteiger partial charge in [0.2, 0.25) is 0 Å². The van der Waals surface area contributed by atoms with Crippen LogP contribution in [0.3, 0.4) is 0 Å². The number of hydrogen-bond donors (Lipinski definition) is 1. The molecule has 0 spiro atoms. The molecule has 0 aliphatic rings. The summed E-state index contributed by atoms with van der Waals surface area (Å²) in [5.74, 6) is 0. The van der Waals surface area contributed by atoms with E-state index < -0.39 is 0 Å². The highest BCUT2D eigenvalue weighted by Crippen LogP contribution is 2.15. The highest BCUT2D eigenvalue weighted by Gasteiger charge is 2.04. The molecule has 0 saturated heterocycles. The summed E-state index contributed by atoms with van der Waals surface area (Å²) in [6.45, 7) is 1.89. The topological polar surface area (TPSA) is 38.0 Å². The lowest BCUT2D eigenvalue weighted by molar-refractivity contribution is 0.281. The van der Waals surface area contributed by atoms with Gasteiger partial charge in [0.15, 0.2) is 0 Å². The van der Waals surface area contributed by atoms with Crippen LogP contribution in [0.1, 0.15) is 11.3 Å². The molecule has 3 nitrogen and oxygen atoms in total. The SMILES string of the molecule is Cc1nn(-c2ccc(Cl)cc2)cc1CO. The van der Waals surface area contributed by atoms with Gasteiger partial charge in [0.1, 0.15) is 0 Å². The van der Waals surface area contributed by atoms with Crippen LogP contribution in [0.2, 0.25) is 5.02 Å². The Balaban J connectivity index is 2.41. The summed E-state index contributed by atoms with van der Waals surface area (Å²) >= 11 is 5.79. The molecule has 0 fully saturated rings. The van der Waals surface area contributed by atoms with Crippen LogP contribution in [0.15, 0.2) is 30.5 Å². The maximum atomic E-state index is 9.05. The molecular formula is C11H11ClN2O. The summed E-state index contributed by atoms with van der Waals surface area (Å²) in [6, 6.07) is 7.39. The number of aliphatic hydroxyl groups is 1. The minimum atomic E-state index is 0.0133. The Morgan fingerprint density at radius 1 is 1.33 bits per heavy atom. The second-order valence-electron chi connectivity index (χ2n) is 3.32. The second-order valence-corrected chi connectivity index (χ2v) is 3.76. The van der Waals surface area contributed by atoms with Crippen molar-refractivity contribution in [2.45, 2.75) is 13.5 Å². The van der Waals surface area contributed by atoms with Gasteiger partial charge in [-0.1, -0.05) is 11.6 Å². The van der Waals surface area contributed by atoms with Crippen LogP contribution < -0.4 is 0 Å². The zero-order valence-corrected chi connectivity index (χ0v) is 9.07. The molecule has 0 unspecified atom stereocenters. The van der Waals surface area contributed by atoms with E-state index >= 15 is 0 Å². The molecule has 2 aromatic rings. The van der Waals surface area contributed by atoms with Crippen molar-refractivity contribution in [3.05, 3.63) is 46.7 Å². The number of aromatic nitrogens is 2. The third-order valence-corrected chi connectivity index (χ3v) is 2.51. The fraction of sp³-hybridized carbons (Fsp3) is 0.182. The molecule has 1 aromatic carbocycles. The zero-order chi connectivity index (χ0) is 10.8. The minimum Gasteiger partial charge on any atom is -0.392 e. The number of hydrogen-bond acceptors (Lipinski definition) is 2. The average Bonchev–Trinajstić information content (AvgIpc) is 2.61. The van der Waals surface area contributed by atoms with Gasteiger partial charge in [0.25, 0.3) is 0 Å². The van der Waals surface area contributed by atoms with E-state index in [0.29, 0.717) is 5.02 Å². The first-order valence-electron chi connectivity index (χ1n) is 4.62. The Morgan fingerprint density at radius 3 is 2.53 bits per heavy atom. The molecule has 1 aromatic heterocycles. The van der Waals surface area contributed by atoms with E-state index in [4.69, 9.17) is 16.7 Å². The smallest absolute Gasteiger partial charge is 0.0715 e. The van der Waals surface area contributed by atoms with Gasteiger partial charge >= 0.3 is 0 Å². The Hall–Kier alpha value is -1.32. The van der Waals surface area contributed by atoms with Crippen LogP contribution >= 0.6 is 11.6 Å². The largest absolute Gasteiger partial charge is 0.392 e. The van der Waals surface area contributed by atoms with Crippen LogP contribution in [-0.4, -0.2) is 14.9 Å². The highest BCUT2D eigenvalue weighted by molar-refractivity contribution is 6.30. The van der Waals surface area contributed by atoms with Crippen LogP contribution in [-0.2, 0) is 6.61 Å². The monoisotopic (exact) mass is 222 g/mol. The van der Waals surface area contributed by atoms with Crippen molar-refractivity contribution in [2.24, 2.45) is 0 Å². The number of nitrogens with zero attached hydrogens (tertiary/aromatic N) is 2. The lowest BCUT2D eigenvalue weighted by Gasteiger charge is -2.00. The lowest BCUT2D eigenvalue weighted by atomic mass is 10.3. The Morgan fingerprint density at radius 2 is 2.00 bits per heavy atom. The van der Waals surface area contributed by atoms with Gasteiger partial charge in [-0.05, 0) is 31.2 Å². The molecule has 0 amide bonds. The first-order valence-corrected chi connectivity index (χ1v) is 5.00. The molecule has 0 radical (unpaired) electrons. The van der Waals surface area contributed by atoms with Crippen molar-refractivity contribution < 1.29 is 5.11 Å². The maximum Gasteiger partial charge on any atom is 0.0715 e. The molecule has 0 aliphatic heterocycles. The van der Waals surface area contributed by atoms with E-state index in [-0.39, 0.29) is 6.61 Å². The summed E-state index contributed by atoms with van der Waals surface area (Å²) in [4.78, 5) is 0. The number of benzene rings is 1. The summed E-state index contributed by atoms with van der Waals surface area (Å²) in [5, 5.41) is 14.0. The molecule has 0 bridgehead atoms. The molecule has 0 aliphatic carbocycles. The first-order chi connectivity index (χ1) is 7.20. The quantitative estimate of drug-likeness (QED) is 0.847. The average molecular weight is 223 g/mol. The van der Waals surface area contributed by atoms with E-state index in [9.17, 15) is 0 Å². The molecule has 1 heterocycles. The predicted octanol–water partition coefficient (Wildman–Crippen LogP) is 2.33. The van der Waals surface area contributed by atoms with E-state index in [1.807, 2.05) is 37.4 Å². The first kappa shape index (κ1) is 10.2. The molecule has 78 valence electrons. The number of rotatable bonds is 2. The predicted molar refractivity (Wildman–Crippen MR) is 59.2 cm³/mol. The fourth-order valence-electron chi connectivity index (χ4n) is 1.38. The molecule has 4 heteroatoms. The van der Waals surface area contributed by atoms with Crippen LogP contribution in [0.5, 0.6) is 0 Å². The van der Waals surface area contributed by atoms with Gasteiger partial charge in [-0.2, -0.15) is 5.10 Å². The standard InChI is InChI=1S/C11H11ClN2O/c1-8-9(7-15)6-14(13-8)11-4-2-10(12)3-5-11/h2-6,15H,7H2,1H3. The molecule has 0 atom stereocenters. The van der Waals surface area contributed by atoms with Crippen molar-refractivity contribution in [3.63, 3.8) is 0 Å². The van der Waals surface area contributed by atoms with Crippen molar-refractivity contribution in [3.8, 4) is 5.69 Å². The van der Waals surface area contributed by atoms with Gasteiger partial charge in [-0.25, -0.2) is 4.68 Å². The summed E-state index contributed by atoms with van der Waals surface area (Å²) in [5.41, 5.74) is 2.61. The third-order valence-electron chi connectivity index (χ3n) is 2.26. The van der Waals surface area contributed by atoms with Crippen LogP contribution in [0.4, 0.5) is 0 Å². The zero-order valence-electron chi connectivity index (χ0n) is 8.31. The van der Waals surface area contributed by atoms with Gasteiger partial charge in [0, 0.05) is 16.8 Å². The Kier molecular flexibility index (Phi) is 2.75. The lowest BCUT2D eigenvalue weighted by Crippen LogP contribution is -1.93. The maximum absolute atomic E-state index is 9.05. The minimum absolute atomic E-state index is 0.0133. The number of aliphatic hydroxyl groups excluding tert-OH is 1. The van der Waals surface area contributed by atoms with E-state index in [1.54, 1.807) is 4.68 Å². The van der Waals surface area contributed by atoms with Crippen molar-refractivity contribution >= 4 is 11.6 Å². The third kappa shape index (κ3) is 2.03. The van der Waals surface area contributed by atoms with Gasteiger partial charge < -0.3 is 5.11 Å². The Labute approximate surface area is 92.9 Å². The molecule has 2 rings (SSSR count). The van der Waals surface area contributed by atoms with Crippen molar-refractivity contribution in [2.75, 3.05) is 0 Å². The van der Waals surface area contributed by atoms with Gasteiger partial charge in [0.05, 0.1) is 18.0 Å². The molecule has 15 heavy (non-hydrogen) atoms. The summed E-state index contributed by atoms with van der Waals surface area (Å²) < 4.78 is 1.73.